The summed E-state index contributed by atoms with van der Waals surface area (Å²) in [5.41, 5.74) is 11.5. The number of benzene rings is 1. The van der Waals surface area contributed by atoms with Gasteiger partial charge in [0.2, 0.25) is 5.91 Å². The lowest BCUT2D eigenvalue weighted by atomic mass is 10.2. The molecule has 6 N–H and O–H groups in total. The predicted molar refractivity (Wildman–Crippen MR) is 78.7 cm³/mol. The molecular weight excluding hydrogens is 282 g/mol. The number of primary amides is 1. The molecule has 2 amide bonds. The molecular formula is C12H14ClN5O2. The lowest BCUT2D eigenvalue weighted by Gasteiger charge is -2.00. The smallest absolute Gasteiger partial charge is 0.296 e. The second kappa shape index (κ2) is 6.58. The fourth-order valence-electron chi connectivity index (χ4n) is 1.58. The highest BCUT2D eigenvalue weighted by atomic mass is 35.5. The van der Waals surface area contributed by atoms with Gasteiger partial charge in [0, 0.05) is 10.9 Å². The molecule has 0 radical (unpaired) electrons. The summed E-state index contributed by atoms with van der Waals surface area (Å²) in [6, 6.07) is 9.14. The number of carbonyl (C=O) groups is 2. The summed E-state index contributed by atoms with van der Waals surface area (Å²) < 4.78 is 0. The molecule has 106 valence electrons. The molecule has 1 aromatic heterocycles. The molecule has 0 spiro atoms. The van der Waals surface area contributed by atoms with Crippen molar-refractivity contribution in [3.63, 3.8) is 0 Å². The molecule has 2 aromatic rings. The predicted octanol–water partition coefficient (Wildman–Crippen LogP) is 0.120. The fourth-order valence-corrected chi connectivity index (χ4v) is 1.58. The van der Waals surface area contributed by atoms with Crippen LogP contribution < -0.4 is 16.8 Å². The van der Waals surface area contributed by atoms with E-state index >= 15 is 0 Å². The standard InChI is InChI=1S/C12H13N5O2.ClH/c13-10(18)6-15-12(14)17-11(19)9-5-7-3-1-2-4-8(7)16-9;/h1-5,16H,6H2,(H2,13,18)(H3,14,15,17,19);1H. The van der Waals surface area contributed by atoms with E-state index in [1.807, 2.05) is 24.3 Å². The van der Waals surface area contributed by atoms with E-state index in [1.165, 1.54) is 0 Å². The first-order chi connectivity index (χ1) is 9.06. The first kappa shape index (κ1) is 15.5. The second-order valence-corrected chi connectivity index (χ2v) is 3.89. The highest BCUT2D eigenvalue weighted by Crippen LogP contribution is 2.14. The second-order valence-electron chi connectivity index (χ2n) is 3.89. The van der Waals surface area contributed by atoms with Crippen LogP contribution in [0.25, 0.3) is 10.9 Å². The number of H-pyrrole nitrogens is 1. The number of carbonyl (C=O) groups excluding carboxylic acids is 2. The third-order valence-corrected chi connectivity index (χ3v) is 2.43. The zero-order valence-corrected chi connectivity index (χ0v) is 11.2. The summed E-state index contributed by atoms with van der Waals surface area (Å²) in [5.74, 6) is -1.26. The molecule has 1 aromatic carbocycles. The van der Waals surface area contributed by atoms with Crippen LogP contribution in [0, 0.1) is 0 Å². The van der Waals surface area contributed by atoms with Crippen LogP contribution in [0.5, 0.6) is 0 Å². The number of nitrogens with zero attached hydrogens (tertiary/aromatic N) is 1. The summed E-state index contributed by atoms with van der Waals surface area (Å²) in [5, 5.41) is 3.34. The van der Waals surface area contributed by atoms with Crippen molar-refractivity contribution in [2.45, 2.75) is 0 Å². The monoisotopic (exact) mass is 295 g/mol. The minimum absolute atomic E-state index is 0. The topological polar surface area (TPSA) is 126 Å². The maximum Gasteiger partial charge on any atom is 0.296 e. The van der Waals surface area contributed by atoms with Gasteiger partial charge in [-0.15, -0.1) is 12.4 Å². The average molecular weight is 296 g/mol. The van der Waals surface area contributed by atoms with Gasteiger partial charge >= 0.3 is 0 Å². The zero-order valence-electron chi connectivity index (χ0n) is 10.4. The highest BCUT2D eigenvalue weighted by molar-refractivity contribution is 6.04. The number of aliphatic imine (C=N–C) groups is 1. The Labute approximate surface area is 120 Å². The van der Waals surface area contributed by atoms with Crippen molar-refractivity contribution < 1.29 is 9.59 Å². The van der Waals surface area contributed by atoms with Gasteiger partial charge in [-0.1, -0.05) is 18.2 Å². The van der Waals surface area contributed by atoms with Crippen LogP contribution in [-0.4, -0.2) is 29.3 Å². The third-order valence-electron chi connectivity index (χ3n) is 2.43. The Kier molecular flexibility index (Phi) is 5.10. The number of nitrogens with two attached hydrogens (primary N) is 2. The lowest BCUT2D eigenvalue weighted by Crippen LogP contribution is -2.38. The van der Waals surface area contributed by atoms with Crippen molar-refractivity contribution >= 4 is 41.1 Å². The van der Waals surface area contributed by atoms with Crippen molar-refractivity contribution in [3.8, 4) is 0 Å². The van der Waals surface area contributed by atoms with Gasteiger partial charge in [-0.2, -0.15) is 4.99 Å². The number of halogens is 1. The van der Waals surface area contributed by atoms with Gasteiger partial charge in [0.1, 0.15) is 5.69 Å². The molecule has 0 aliphatic rings. The van der Waals surface area contributed by atoms with Crippen LogP contribution in [0.4, 0.5) is 0 Å². The molecule has 0 aliphatic carbocycles. The normalized spacial score (nSPS) is 10.9. The van der Waals surface area contributed by atoms with Crippen molar-refractivity contribution in [2.75, 3.05) is 6.54 Å². The highest BCUT2D eigenvalue weighted by Gasteiger charge is 2.09. The Morgan fingerprint density at radius 1 is 1.25 bits per heavy atom. The number of hydrogen-bond acceptors (Lipinski definition) is 2. The van der Waals surface area contributed by atoms with Gasteiger partial charge in [0.25, 0.3) is 5.91 Å². The number of aromatic nitrogens is 1. The number of aromatic amines is 1. The van der Waals surface area contributed by atoms with Gasteiger partial charge in [-0.05, 0) is 12.1 Å². The van der Waals surface area contributed by atoms with Crippen molar-refractivity contribution in [2.24, 2.45) is 16.5 Å². The first-order valence-corrected chi connectivity index (χ1v) is 5.54. The quantitative estimate of drug-likeness (QED) is 0.474. The lowest BCUT2D eigenvalue weighted by molar-refractivity contribution is -0.116. The Hall–Kier alpha value is -2.54. The minimum Gasteiger partial charge on any atom is -0.370 e. The molecule has 0 saturated carbocycles. The number of amides is 2. The van der Waals surface area contributed by atoms with E-state index in [4.69, 9.17) is 11.5 Å². The van der Waals surface area contributed by atoms with Crippen LogP contribution in [0.1, 0.15) is 10.5 Å². The molecule has 20 heavy (non-hydrogen) atoms. The molecule has 0 bridgehead atoms. The minimum atomic E-state index is -0.587. The molecule has 0 saturated heterocycles. The largest absolute Gasteiger partial charge is 0.370 e. The van der Waals surface area contributed by atoms with Crippen LogP contribution in [0.3, 0.4) is 0 Å². The van der Waals surface area contributed by atoms with E-state index < -0.39 is 11.8 Å². The SMILES string of the molecule is Cl.NC(=O)CNC(N)=NC(=O)c1cc2ccccc2[nH]1. The molecule has 2 rings (SSSR count). The molecule has 0 atom stereocenters. The van der Waals surface area contributed by atoms with Gasteiger partial charge in [0.05, 0.1) is 6.54 Å². The number of hydrogen-bond donors (Lipinski definition) is 4. The molecule has 8 heteroatoms. The van der Waals surface area contributed by atoms with E-state index in [2.05, 4.69) is 15.3 Å². The van der Waals surface area contributed by atoms with Crippen LogP contribution in [0.2, 0.25) is 0 Å². The zero-order chi connectivity index (χ0) is 13.8. The first-order valence-electron chi connectivity index (χ1n) is 5.54. The maximum absolute atomic E-state index is 11.8. The van der Waals surface area contributed by atoms with E-state index in [0.29, 0.717) is 5.69 Å². The molecule has 0 fully saturated rings. The fraction of sp³-hybridized carbons (Fsp3) is 0.0833. The van der Waals surface area contributed by atoms with Crippen LogP contribution >= 0.6 is 12.4 Å². The third kappa shape index (κ3) is 3.72. The van der Waals surface area contributed by atoms with Crippen LogP contribution in [0.15, 0.2) is 35.3 Å². The summed E-state index contributed by atoms with van der Waals surface area (Å²) in [7, 11) is 0. The summed E-state index contributed by atoms with van der Waals surface area (Å²) >= 11 is 0. The Morgan fingerprint density at radius 2 is 1.95 bits per heavy atom. The number of nitrogens with one attached hydrogen (secondary N) is 2. The summed E-state index contributed by atoms with van der Waals surface area (Å²) in [6.07, 6.45) is 0. The van der Waals surface area contributed by atoms with Gasteiger partial charge in [0.15, 0.2) is 5.96 Å². The number of guanidine groups is 1. The molecule has 0 unspecified atom stereocenters. The molecule has 1 heterocycles. The Morgan fingerprint density at radius 3 is 2.60 bits per heavy atom. The number of fused-ring (bicyclic) bond motifs is 1. The maximum atomic E-state index is 11.8. The van der Waals surface area contributed by atoms with Gasteiger partial charge in [-0.3, -0.25) is 9.59 Å². The van der Waals surface area contributed by atoms with Crippen molar-refractivity contribution in [1.29, 1.82) is 0 Å². The van der Waals surface area contributed by atoms with Gasteiger partial charge < -0.3 is 21.8 Å². The molecule has 7 nitrogen and oxygen atoms in total. The van der Waals surface area contributed by atoms with E-state index in [-0.39, 0.29) is 24.9 Å². The Balaban J connectivity index is 0.00000200. The van der Waals surface area contributed by atoms with Crippen molar-refractivity contribution in [1.82, 2.24) is 10.3 Å². The number of rotatable bonds is 3. The average Bonchev–Trinajstić information content (AvgIpc) is 2.80. The van der Waals surface area contributed by atoms with Crippen LogP contribution in [-0.2, 0) is 4.79 Å². The Bertz CT molecular complexity index is 632. The van der Waals surface area contributed by atoms with E-state index in [0.717, 1.165) is 10.9 Å². The van der Waals surface area contributed by atoms with E-state index in [1.54, 1.807) is 6.07 Å². The summed E-state index contributed by atoms with van der Waals surface area (Å²) in [6.45, 7) is -0.171. The molecule has 0 aliphatic heterocycles. The summed E-state index contributed by atoms with van der Waals surface area (Å²) in [4.78, 5) is 28.9. The van der Waals surface area contributed by atoms with E-state index in [9.17, 15) is 9.59 Å². The van der Waals surface area contributed by atoms with Gasteiger partial charge in [-0.25, -0.2) is 0 Å². The number of para-hydroxylation sites is 1. The van der Waals surface area contributed by atoms with Crippen molar-refractivity contribution in [3.05, 3.63) is 36.0 Å².